The van der Waals surface area contributed by atoms with Crippen LogP contribution in [-0.2, 0) is 4.79 Å². The minimum absolute atomic E-state index is 0.0327. The molecule has 5 nitrogen and oxygen atoms in total. The van der Waals surface area contributed by atoms with Crippen molar-refractivity contribution in [3.63, 3.8) is 0 Å². The highest BCUT2D eigenvalue weighted by Crippen LogP contribution is 2.13. The van der Waals surface area contributed by atoms with Crippen LogP contribution in [0.25, 0.3) is 0 Å². The summed E-state index contributed by atoms with van der Waals surface area (Å²) in [5.74, 6) is 0.163. The molecule has 0 aromatic rings. The fourth-order valence-corrected chi connectivity index (χ4v) is 1.52. The summed E-state index contributed by atoms with van der Waals surface area (Å²) in [6, 6.07) is 0. The van der Waals surface area contributed by atoms with Gasteiger partial charge in [-0.3, -0.25) is 4.79 Å². The number of hydrogen-bond donors (Lipinski definition) is 3. The summed E-state index contributed by atoms with van der Waals surface area (Å²) in [6.45, 7) is 6.20. The van der Waals surface area contributed by atoms with Crippen molar-refractivity contribution in [2.24, 2.45) is 16.3 Å². The van der Waals surface area contributed by atoms with Gasteiger partial charge in [0.05, 0.1) is 0 Å². The molecule has 0 spiro atoms. The number of carbonyl (C=O) groups is 1. The standard InChI is InChI=1S/C13H27N3O2/c1-4-5-6-7-8-9-11(17)15-10-13(2,3)12(14)16-18/h18H,4-10H2,1-3H3,(H2,14,16)(H,15,17). The van der Waals surface area contributed by atoms with E-state index in [0.29, 0.717) is 13.0 Å². The molecule has 0 aromatic carbocycles. The molecule has 0 atom stereocenters. The topological polar surface area (TPSA) is 87.7 Å². The van der Waals surface area contributed by atoms with Crippen LogP contribution in [0.2, 0.25) is 0 Å². The van der Waals surface area contributed by atoms with Gasteiger partial charge in [0.2, 0.25) is 5.91 Å². The monoisotopic (exact) mass is 257 g/mol. The van der Waals surface area contributed by atoms with Crippen LogP contribution in [0.5, 0.6) is 0 Å². The number of amides is 1. The first-order valence-corrected chi connectivity index (χ1v) is 6.68. The van der Waals surface area contributed by atoms with Crippen molar-refractivity contribution in [1.29, 1.82) is 0 Å². The molecule has 0 saturated carbocycles. The summed E-state index contributed by atoms with van der Waals surface area (Å²) in [5.41, 5.74) is 5.02. The molecule has 1 amide bonds. The van der Waals surface area contributed by atoms with Crippen LogP contribution in [-0.4, -0.2) is 23.5 Å². The van der Waals surface area contributed by atoms with Gasteiger partial charge in [-0.1, -0.05) is 51.6 Å². The summed E-state index contributed by atoms with van der Waals surface area (Å²) >= 11 is 0. The normalized spacial score (nSPS) is 12.5. The molecule has 18 heavy (non-hydrogen) atoms. The molecule has 4 N–H and O–H groups in total. The van der Waals surface area contributed by atoms with Crippen LogP contribution in [0, 0.1) is 5.41 Å². The first kappa shape index (κ1) is 16.7. The lowest BCUT2D eigenvalue weighted by molar-refractivity contribution is -0.121. The van der Waals surface area contributed by atoms with E-state index >= 15 is 0 Å². The third-order valence-electron chi connectivity index (χ3n) is 3.04. The third-order valence-corrected chi connectivity index (χ3v) is 3.04. The molecule has 0 heterocycles. The third kappa shape index (κ3) is 7.14. The number of nitrogens with zero attached hydrogens (tertiary/aromatic N) is 1. The van der Waals surface area contributed by atoms with Crippen molar-refractivity contribution in [2.45, 2.75) is 59.3 Å². The highest BCUT2D eigenvalue weighted by molar-refractivity contribution is 5.86. The van der Waals surface area contributed by atoms with Crippen molar-refractivity contribution in [3.8, 4) is 0 Å². The fourth-order valence-electron chi connectivity index (χ4n) is 1.52. The quantitative estimate of drug-likeness (QED) is 0.195. The zero-order valence-electron chi connectivity index (χ0n) is 11.8. The molecular formula is C13H27N3O2. The first-order chi connectivity index (χ1) is 8.44. The van der Waals surface area contributed by atoms with E-state index in [0.717, 1.165) is 12.8 Å². The highest BCUT2D eigenvalue weighted by Gasteiger charge is 2.24. The molecule has 0 unspecified atom stereocenters. The molecule has 5 heteroatoms. The number of carbonyl (C=O) groups excluding carboxylic acids is 1. The molecule has 0 rings (SSSR count). The van der Waals surface area contributed by atoms with Gasteiger partial charge in [-0.05, 0) is 6.42 Å². The number of oxime groups is 1. The molecule has 106 valence electrons. The van der Waals surface area contributed by atoms with Crippen LogP contribution in [0.3, 0.4) is 0 Å². The molecule has 0 aromatic heterocycles. The highest BCUT2D eigenvalue weighted by atomic mass is 16.4. The molecule has 0 radical (unpaired) electrons. The lowest BCUT2D eigenvalue weighted by atomic mass is 9.92. The molecular weight excluding hydrogens is 230 g/mol. The summed E-state index contributed by atoms with van der Waals surface area (Å²) in [6.07, 6.45) is 6.22. The van der Waals surface area contributed by atoms with E-state index in [1.54, 1.807) is 0 Å². The number of nitrogens with two attached hydrogens (primary N) is 1. The van der Waals surface area contributed by atoms with Gasteiger partial charge in [-0.2, -0.15) is 0 Å². The molecule has 0 fully saturated rings. The lowest BCUT2D eigenvalue weighted by Crippen LogP contribution is -2.42. The second-order valence-electron chi connectivity index (χ2n) is 5.31. The minimum Gasteiger partial charge on any atom is -0.409 e. The van der Waals surface area contributed by atoms with E-state index in [2.05, 4.69) is 17.4 Å². The first-order valence-electron chi connectivity index (χ1n) is 6.68. The Hall–Kier alpha value is -1.26. The van der Waals surface area contributed by atoms with Gasteiger partial charge in [0.25, 0.3) is 0 Å². The van der Waals surface area contributed by atoms with E-state index in [1.165, 1.54) is 19.3 Å². The Bertz CT molecular complexity index is 275. The number of amidine groups is 1. The second kappa shape index (κ2) is 8.78. The van der Waals surface area contributed by atoms with E-state index in [4.69, 9.17) is 10.9 Å². The Balaban J connectivity index is 3.77. The van der Waals surface area contributed by atoms with Gasteiger partial charge in [-0.15, -0.1) is 0 Å². The zero-order valence-corrected chi connectivity index (χ0v) is 11.8. The number of unbranched alkanes of at least 4 members (excludes halogenated alkanes) is 4. The second-order valence-corrected chi connectivity index (χ2v) is 5.31. The smallest absolute Gasteiger partial charge is 0.220 e. The van der Waals surface area contributed by atoms with Gasteiger partial charge >= 0.3 is 0 Å². The molecule has 0 aliphatic carbocycles. The van der Waals surface area contributed by atoms with Crippen molar-refractivity contribution in [3.05, 3.63) is 0 Å². The Labute approximate surface area is 110 Å². The number of rotatable bonds is 9. The summed E-state index contributed by atoms with van der Waals surface area (Å²) in [5, 5.41) is 14.4. The number of nitrogens with one attached hydrogen (secondary N) is 1. The van der Waals surface area contributed by atoms with Crippen molar-refractivity contribution in [2.75, 3.05) is 6.54 Å². The maximum atomic E-state index is 11.6. The summed E-state index contributed by atoms with van der Waals surface area (Å²) < 4.78 is 0. The van der Waals surface area contributed by atoms with E-state index in [-0.39, 0.29) is 11.7 Å². The maximum absolute atomic E-state index is 11.6. The van der Waals surface area contributed by atoms with Crippen molar-refractivity contribution < 1.29 is 10.0 Å². The lowest BCUT2D eigenvalue weighted by Gasteiger charge is -2.23. The molecule has 0 aliphatic heterocycles. The van der Waals surface area contributed by atoms with Crippen LogP contribution in [0.1, 0.15) is 59.3 Å². The van der Waals surface area contributed by atoms with Crippen LogP contribution in [0.4, 0.5) is 0 Å². The van der Waals surface area contributed by atoms with Crippen molar-refractivity contribution in [1.82, 2.24) is 5.32 Å². The van der Waals surface area contributed by atoms with Gasteiger partial charge in [0.15, 0.2) is 0 Å². The van der Waals surface area contributed by atoms with E-state index in [9.17, 15) is 4.79 Å². The molecule has 0 bridgehead atoms. The van der Waals surface area contributed by atoms with Crippen molar-refractivity contribution >= 4 is 11.7 Å². The maximum Gasteiger partial charge on any atom is 0.220 e. The predicted molar refractivity (Wildman–Crippen MR) is 73.6 cm³/mol. The Morgan fingerprint density at radius 3 is 2.44 bits per heavy atom. The fraction of sp³-hybridized carbons (Fsp3) is 0.846. The molecule has 0 aliphatic rings. The van der Waals surface area contributed by atoms with Gasteiger partial charge in [0, 0.05) is 18.4 Å². The van der Waals surface area contributed by atoms with Gasteiger partial charge in [-0.25, -0.2) is 0 Å². The van der Waals surface area contributed by atoms with Gasteiger partial charge < -0.3 is 16.3 Å². The SMILES string of the molecule is CCCCCCCC(=O)NCC(C)(C)C(N)=NO. The summed E-state index contributed by atoms with van der Waals surface area (Å²) in [4.78, 5) is 11.6. The summed E-state index contributed by atoms with van der Waals surface area (Å²) in [7, 11) is 0. The van der Waals surface area contributed by atoms with Crippen LogP contribution < -0.4 is 11.1 Å². The van der Waals surface area contributed by atoms with E-state index in [1.807, 2.05) is 13.8 Å². The largest absolute Gasteiger partial charge is 0.409 e. The Morgan fingerprint density at radius 1 is 1.28 bits per heavy atom. The number of hydrogen-bond acceptors (Lipinski definition) is 3. The Morgan fingerprint density at radius 2 is 1.89 bits per heavy atom. The van der Waals surface area contributed by atoms with Crippen LogP contribution in [0.15, 0.2) is 5.16 Å². The Kier molecular flexibility index (Phi) is 8.16. The van der Waals surface area contributed by atoms with Crippen LogP contribution >= 0.6 is 0 Å². The minimum atomic E-state index is -0.521. The molecule has 0 saturated heterocycles. The average molecular weight is 257 g/mol. The zero-order chi connectivity index (χ0) is 14.0. The van der Waals surface area contributed by atoms with Gasteiger partial charge in [0.1, 0.15) is 5.84 Å². The van der Waals surface area contributed by atoms with E-state index < -0.39 is 5.41 Å². The average Bonchev–Trinajstić information content (AvgIpc) is 2.35. The predicted octanol–water partition coefficient (Wildman–Crippen LogP) is 2.24.